The number of phenolic OH excluding ortho intramolecular Hbond substituents is 8. The number of benzene rings is 8. The van der Waals surface area contributed by atoms with Crippen LogP contribution in [0.2, 0.25) is 35.2 Å². The normalized spacial score (nSPS) is 11.3. The zero-order valence-corrected chi connectivity index (χ0v) is 55.7. The van der Waals surface area contributed by atoms with Crippen LogP contribution in [0.15, 0.2) is 197 Å². The molecule has 0 radical (unpaired) electrons. The van der Waals surface area contributed by atoms with Crippen LogP contribution in [-0.4, -0.2) is 98.5 Å². The third-order valence-electron chi connectivity index (χ3n) is 13.1. The second kappa shape index (κ2) is 34.6. The van der Waals surface area contributed by atoms with E-state index < -0.39 is 85.9 Å². The molecule has 2 aromatic heterocycles. The van der Waals surface area contributed by atoms with Gasteiger partial charge in [0.15, 0.2) is 23.0 Å². The maximum absolute atomic E-state index is 12.8. The number of para-hydroxylation sites is 2. The van der Waals surface area contributed by atoms with Crippen molar-refractivity contribution < 1.29 is 86.4 Å². The summed E-state index contributed by atoms with van der Waals surface area (Å²) in [6, 6.07) is 34.7. The quantitative estimate of drug-likeness (QED) is 0.0159. The van der Waals surface area contributed by atoms with Crippen LogP contribution in [0.25, 0.3) is 11.4 Å². The molecule has 0 atom stereocenters. The second-order valence-electron chi connectivity index (χ2n) is 19.9. The molecular weight excluding hydrogens is 1490 g/mol. The molecule has 4 amide bonds. The van der Waals surface area contributed by atoms with E-state index in [1.54, 1.807) is 47.3 Å². The Balaban J connectivity index is 0.000000189. The first-order chi connectivity index (χ1) is 47.7. The standard InChI is InChI=1S/C18H12Cl3N3O2.C18H15N3O4.C15H8Cl3F3N2O2.C15H10ClF3N2O4/c19-12-8-11(17(25)15(21)9-12)10-22-23-18(26)13-4-3-5-14(20)16(13)24-6-1-2-7-24;22-15-10-17(24)16(23)9-12(15)11-19-20-18(25)13-5-1-2-6-14(13)21-7-3-4-8-21;16-9-3-8(13(24)12(18)5-9)6-22-23-14(25)7-1-2-11(17)10(4-7)15(19,20)21;16-10-3-1-7(5-9(10)15(17,18)19)14(25)21-20-6-8-2-4-11(22)13(24)12(8)23/h1-10,25H,(H,23,26);1-11,22-24H,(H,20,25);1-6,24H,(H,23,25);1-6,22-24H,(H,21,25). The van der Waals surface area contributed by atoms with E-state index in [9.17, 15) is 86.4 Å². The summed E-state index contributed by atoms with van der Waals surface area (Å²) in [4.78, 5) is 48.6. The lowest BCUT2D eigenvalue weighted by Crippen LogP contribution is -2.19. The number of nitrogens with zero attached hydrogens (tertiary/aromatic N) is 6. The Kier molecular flexibility index (Phi) is 26.5. The van der Waals surface area contributed by atoms with Crippen LogP contribution in [0, 0.1) is 0 Å². The topological polar surface area (TPSA) is 338 Å². The number of halogens is 13. The smallest absolute Gasteiger partial charge is 0.417 e. The summed E-state index contributed by atoms with van der Waals surface area (Å²) >= 11 is 40.4. The number of carbonyl (C=O) groups is 4. The maximum Gasteiger partial charge on any atom is 0.417 e. The van der Waals surface area contributed by atoms with E-state index in [2.05, 4.69) is 31.3 Å². The molecule has 35 heteroatoms. The van der Waals surface area contributed by atoms with Gasteiger partial charge in [0.1, 0.15) is 17.2 Å². The Hall–Kier alpha value is -11.1. The highest BCUT2D eigenvalue weighted by atomic mass is 35.5. The fourth-order valence-corrected chi connectivity index (χ4v) is 9.97. The molecule has 0 unspecified atom stereocenters. The lowest BCUT2D eigenvalue weighted by Gasteiger charge is -2.11. The molecule has 0 spiro atoms. The first kappa shape index (κ1) is 77.2. The molecule has 10 rings (SSSR count). The van der Waals surface area contributed by atoms with Crippen LogP contribution >= 0.6 is 81.2 Å². The van der Waals surface area contributed by atoms with E-state index in [-0.39, 0.29) is 65.7 Å². The number of carbonyl (C=O) groups excluding carboxylic acids is 4. The van der Waals surface area contributed by atoms with Crippen molar-refractivity contribution in [3.63, 3.8) is 0 Å². The van der Waals surface area contributed by atoms with Crippen molar-refractivity contribution in [3.05, 3.63) is 267 Å². The van der Waals surface area contributed by atoms with Gasteiger partial charge in [-0.25, -0.2) is 21.7 Å². The van der Waals surface area contributed by atoms with Crippen molar-refractivity contribution in [1.29, 1.82) is 0 Å². The molecule has 0 aliphatic carbocycles. The average Bonchev–Trinajstić information content (AvgIpc) is 1.81. The molecule has 10 aromatic rings. The number of aromatic nitrogens is 2. The number of phenols is 8. The van der Waals surface area contributed by atoms with E-state index in [4.69, 9.17) is 81.2 Å². The minimum absolute atomic E-state index is 0.0206. The fourth-order valence-electron chi connectivity index (χ4n) is 8.23. The van der Waals surface area contributed by atoms with Crippen molar-refractivity contribution in [2.45, 2.75) is 12.4 Å². The number of hydrogen-bond acceptors (Lipinski definition) is 16. The molecule has 22 nitrogen and oxygen atoms in total. The monoisotopic (exact) mass is 1530 g/mol. The molecule has 101 heavy (non-hydrogen) atoms. The van der Waals surface area contributed by atoms with E-state index in [1.807, 2.05) is 64.2 Å². The van der Waals surface area contributed by atoms with Gasteiger partial charge in [-0.05, 0) is 127 Å². The van der Waals surface area contributed by atoms with Gasteiger partial charge < -0.3 is 50.0 Å². The number of alkyl halides is 6. The van der Waals surface area contributed by atoms with Crippen molar-refractivity contribution >= 4 is 130 Å². The molecule has 0 fully saturated rings. The Bertz CT molecular complexity index is 4830. The van der Waals surface area contributed by atoms with E-state index in [0.29, 0.717) is 44.7 Å². The first-order valence-electron chi connectivity index (χ1n) is 27.8. The number of aromatic hydroxyl groups is 8. The zero-order valence-electron chi connectivity index (χ0n) is 50.4. The maximum atomic E-state index is 12.8. The lowest BCUT2D eigenvalue weighted by atomic mass is 10.1. The van der Waals surface area contributed by atoms with Crippen molar-refractivity contribution in [1.82, 2.24) is 30.8 Å². The predicted octanol–water partition coefficient (Wildman–Crippen LogP) is 15.6. The second-order valence-corrected chi connectivity index (χ2v) is 22.8. The molecule has 8 aromatic carbocycles. The highest BCUT2D eigenvalue weighted by molar-refractivity contribution is 6.37. The summed E-state index contributed by atoms with van der Waals surface area (Å²) in [7, 11) is 0. The first-order valence-corrected chi connectivity index (χ1v) is 30.4. The third kappa shape index (κ3) is 21.0. The van der Waals surface area contributed by atoms with Crippen LogP contribution < -0.4 is 21.7 Å². The number of nitrogens with one attached hydrogen (secondary N) is 4. The van der Waals surface area contributed by atoms with Crippen molar-refractivity contribution in [3.8, 4) is 57.4 Å². The SMILES string of the molecule is O=C(NN=Cc1cc(Cl)cc(Cl)c1O)c1ccc(Cl)c(C(F)(F)F)c1.O=C(NN=Cc1cc(Cl)cc(Cl)c1O)c1cccc(Cl)c1-n1cccc1.O=C(NN=Cc1cc(O)c(O)cc1O)c1ccccc1-n1cccc1.O=C(NN=Cc1ccc(O)c(O)c1O)c1ccc(Cl)c(C(F)(F)F)c1. The molecule has 522 valence electrons. The van der Waals surface area contributed by atoms with Crippen LogP contribution in [0.1, 0.15) is 74.8 Å². The van der Waals surface area contributed by atoms with E-state index in [1.165, 1.54) is 42.8 Å². The highest BCUT2D eigenvalue weighted by Gasteiger charge is 2.35. The lowest BCUT2D eigenvalue weighted by molar-refractivity contribution is -0.138. The molecule has 2 heterocycles. The summed E-state index contributed by atoms with van der Waals surface area (Å²) in [6.45, 7) is 0. The molecule has 0 aliphatic rings. The Morgan fingerprint density at radius 3 is 1.28 bits per heavy atom. The summed E-state index contributed by atoms with van der Waals surface area (Å²) in [6.07, 6.45) is 2.22. The number of hydrazone groups is 4. The van der Waals surface area contributed by atoms with E-state index >= 15 is 0 Å². The zero-order chi connectivity index (χ0) is 74.0. The molecule has 0 aliphatic heterocycles. The van der Waals surface area contributed by atoms with Crippen LogP contribution in [-0.2, 0) is 12.4 Å². The summed E-state index contributed by atoms with van der Waals surface area (Å²) in [5, 5.41) is 90.8. The Morgan fingerprint density at radius 1 is 0.356 bits per heavy atom. The van der Waals surface area contributed by atoms with Gasteiger partial charge in [0.2, 0.25) is 5.75 Å². The number of rotatable bonds is 14. The number of hydrogen-bond donors (Lipinski definition) is 12. The van der Waals surface area contributed by atoms with Gasteiger partial charge in [-0.15, -0.1) is 0 Å². The van der Waals surface area contributed by atoms with Crippen LogP contribution in [0.4, 0.5) is 26.3 Å². The minimum atomic E-state index is -4.72. The van der Waals surface area contributed by atoms with Crippen LogP contribution in [0.3, 0.4) is 0 Å². The molecule has 12 N–H and O–H groups in total. The predicted molar refractivity (Wildman–Crippen MR) is 369 cm³/mol. The van der Waals surface area contributed by atoms with Gasteiger partial charge in [-0.1, -0.05) is 99.4 Å². The van der Waals surface area contributed by atoms with E-state index in [0.717, 1.165) is 54.9 Å². The molecule has 0 saturated heterocycles. The minimum Gasteiger partial charge on any atom is -0.507 e. The van der Waals surface area contributed by atoms with Gasteiger partial charge in [-0.2, -0.15) is 46.7 Å². The van der Waals surface area contributed by atoms with Gasteiger partial charge in [0.05, 0.1) is 83.6 Å². The van der Waals surface area contributed by atoms with Crippen LogP contribution in [0.5, 0.6) is 46.0 Å². The summed E-state index contributed by atoms with van der Waals surface area (Å²) < 4.78 is 80.2. The molecular formula is C66H45Cl7F6N10O12. The molecule has 0 bridgehead atoms. The van der Waals surface area contributed by atoms with Gasteiger partial charge >= 0.3 is 12.4 Å². The molecule has 0 saturated carbocycles. The third-order valence-corrected chi connectivity index (χ3v) is 15.0. The van der Waals surface area contributed by atoms with Crippen molar-refractivity contribution in [2.24, 2.45) is 20.4 Å². The highest BCUT2D eigenvalue weighted by Crippen LogP contribution is 2.39. The fraction of sp³-hybridized carbons (Fsp3) is 0.0303. The number of amides is 4. The van der Waals surface area contributed by atoms with Crippen molar-refractivity contribution in [2.75, 3.05) is 0 Å². The Morgan fingerprint density at radius 2 is 0.782 bits per heavy atom. The summed E-state index contributed by atoms with van der Waals surface area (Å²) in [5.74, 6) is -6.34. The average molecular weight is 1530 g/mol. The van der Waals surface area contributed by atoms with Gasteiger partial charge in [-0.3, -0.25) is 19.2 Å². The van der Waals surface area contributed by atoms with Gasteiger partial charge in [0.25, 0.3) is 23.6 Å². The van der Waals surface area contributed by atoms with Gasteiger partial charge in [0, 0.05) is 74.3 Å². The summed E-state index contributed by atoms with van der Waals surface area (Å²) in [5.41, 5.74) is 8.39. The Labute approximate surface area is 600 Å². The largest absolute Gasteiger partial charge is 0.507 e.